The zero-order valence-corrected chi connectivity index (χ0v) is 34.4. The van der Waals surface area contributed by atoms with Gasteiger partial charge in [0.2, 0.25) is 0 Å². The summed E-state index contributed by atoms with van der Waals surface area (Å²) < 4.78 is 2.43. The van der Waals surface area contributed by atoms with Crippen molar-refractivity contribution >= 4 is 49.6 Å². The molecular weight excluding hydrogens is 725 g/mol. The maximum Gasteiger partial charge on any atom is 0.0543 e. The van der Waals surface area contributed by atoms with Gasteiger partial charge in [-0.2, -0.15) is 0 Å². The molecule has 12 rings (SSSR count). The molecule has 0 fully saturated rings. The van der Waals surface area contributed by atoms with Crippen LogP contribution in [0.5, 0.6) is 0 Å². The van der Waals surface area contributed by atoms with Gasteiger partial charge in [-0.05, 0) is 115 Å². The third-order valence-electron chi connectivity index (χ3n) is 13.8. The first kappa shape index (κ1) is 34.8. The second-order valence-corrected chi connectivity index (χ2v) is 17.7. The molecule has 0 N–H and O–H groups in total. The summed E-state index contributed by atoms with van der Waals surface area (Å²) in [5.41, 5.74) is 20.0. The SMILES string of the molecule is CC1(C)c2ccccc2-c2ccc(N(c3cc(-c4ccccc4)c4cc(-n5c6ccccc6c6ccccc65)ccc4c3)c3cccc4c3-c3ccccc3C4(C)C)cc21. The number of fused-ring (bicyclic) bond motifs is 10. The standard InChI is InChI=1S/C58H44N2/c1-57(2)50-24-13-9-22-46(50)56-51(57)25-16-28-55(56)59(40-31-32-43-42-19-8-12-23-49(42)58(3,4)52(43)36-40)41-33-38-29-30-39(34-48(38)47(35-41)37-17-6-5-7-18-37)60-53-26-14-10-20-44(53)45-21-11-15-27-54(45)60/h5-36H,1-4H3. The number of nitrogens with zero attached hydrogens (tertiary/aromatic N) is 2. The average molecular weight is 769 g/mol. The highest BCUT2D eigenvalue weighted by molar-refractivity contribution is 6.10. The Bertz CT molecular complexity index is 3330. The van der Waals surface area contributed by atoms with Gasteiger partial charge in [-0.15, -0.1) is 0 Å². The lowest BCUT2D eigenvalue weighted by molar-refractivity contribution is 0.660. The molecule has 2 aliphatic carbocycles. The van der Waals surface area contributed by atoms with Gasteiger partial charge in [0.25, 0.3) is 0 Å². The molecule has 0 aliphatic heterocycles. The summed E-state index contributed by atoms with van der Waals surface area (Å²) in [4.78, 5) is 2.54. The summed E-state index contributed by atoms with van der Waals surface area (Å²) in [6.07, 6.45) is 0. The van der Waals surface area contributed by atoms with E-state index in [0.29, 0.717) is 0 Å². The second-order valence-electron chi connectivity index (χ2n) is 17.7. The molecule has 9 aromatic carbocycles. The van der Waals surface area contributed by atoms with Gasteiger partial charge in [-0.25, -0.2) is 0 Å². The summed E-state index contributed by atoms with van der Waals surface area (Å²) in [7, 11) is 0. The highest BCUT2D eigenvalue weighted by Crippen LogP contribution is 2.56. The minimum Gasteiger partial charge on any atom is -0.310 e. The monoisotopic (exact) mass is 768 g/mol. The minimum atomic E-state index is -0.136. The third-order valence-corrected chi connectivity index (χ3v) is 13.8. The minimum absolute atomic E-state index is 0.128. The fourth-order valence-electron chi connectivity index (χ4n) is 10.8. The van der Waals surface area contributed by atoms with Gasteiger partial charge in [-0.1, -0.05) is 167 Å². The lowest BCUT2D eigenvalue weighted by Crippen LogP contribution is -2.17. The van der Waals surface area contributed by atoms with Crippen molar-refractivity contribution in [2.45, 2.75) is 38.5 Å². The molecule has 1 heterocycles. The average Bonchev–Trinajstić information content (AvgIpc) is 3.84. The van der Waals surface area contributed by atoms with Crippen molar-refractivity contribution < 1.29 is 0 Å². The summed E-state index contributed by atoms with van der Waals surface area (Å²) in [6.45, 7) is 9.50. The van der Waals surface area contributed by atoms with Crippen LogP contribution in [0.15, 0.2) is 194 Å². The number of para-hydroxylation sites is 2. The van der Waals surface area contributed by atoms with Crippen LogP contribution in [-0.2, 0) is 10.8 Å². The molecule has 0 spiro atoms. The van der Waals surface area contributed by atoms with E-state index < -0.39 is 0 Å². The summed E-state index contributed by atoms with van der Waals surface area (Å²) >= 11 is 0. The van der Waals surface area contributed by atoms with Crippen molar-refractivity contribution in [3.05, 3.63) is 216 Å². The van der Waals surface area contributed by atoms with Crippen molar-refractivity contribution in [2.24, 2.45) is 0 Å². The molecule has 2 heteroatoms. The van der Waals surface area contributed by atoms with Crippen LogP contribution < -0.4 is 4.90 Å². The molecule has 0 unspecified atom stereocenters. The van der Waals surface area contributed by atoms with Crippen molar-refractivity contribution in [1.29, 1.82) is 0 Å². The zero-order chi connectivity index (χ0) is 40.3. The van der Waals surface area contributed by atoms with Gasteiger partial charge in [0.05, 0.1) is 16.7 Å². The van der Waals surface area contributed by atoms with E-state index in [1.165, 1.54) is 93.9 Å². The molecule has 1 aromatic heterocycles. The molecule has 0 bridgehead atoms. The first-order valence-corrected chi connectivity index (χ1v) is 21.2. The number of hydrogen-bond acceptors (Lipinski definition) is 1. The van der Waals surface area contributed by atoms with Crippen LogP contribution in [0.2, 0.25) is 0 Å². The molecule has 2 nitrogen and oxygen atoms in total. The molecule has 0 radical (unpaired) electrons. The maximum atomic E-state index is 2.54. The van der Waals surface area contributed by atoms with Crippen LogP contribution in [0.1, 0.15) is 49.9 Å². The molecule has 0 amide bonds. The van der Waals surface area contributed by atoms with E-state index in [0.717, 1.165) is 17.1 Å². The predicted octanol–water partition coefficient (Wildman–Crippen LogP) is 15.7. The van der Waals surface area contributed by atoms with Crippen LogP contribution in [0, 0.1) is 0 Å². The Kier molecular flexibility index (Phi) is 7.36. The zero-order valence-electron chi connectivity index (χ0n) is 34.4. The van der Waals surface area contributed by atoms with Crippen LogP contribution in [-0.4, -0.2) is 4.57 Å². The Morgan fingerprint density at radius 1 is 0.383 bits per heavy atom. The third kappa shape index (κ3) is 4.88. The van der Waals surface area contributed by atoms with E-state index in [-0.39, 0.29) is 10.8 Å². The van der Waals surface area contributed by atoms with E-state index in [4.69, 9.17) is 0 Å². The van der Waals surface area contributed by atoms with Crippen molar-refractivity contribution in [2.75, 3.05) is 4.90 Å². The van der Waals surface area contributed by atoms with Gasteiger partial charge in [-0.3, -0.25) is 0 Å². The van der Waals surface area contributed by atoms with Crippen LogP contribution >= 0.6 is 0 Å². The van der Waals surface area contributed by atoms with Crippen molar-refractivity contribution in [1.82, 2.24) is 4.57 Å². The fraction of sp³-hybridized carbons (Fsp3) is 0.103. The van der Waals surface area contributed by atoms with Crippen LogP contribution in [0.4, 0.5) is 17.1 Å². The Balaban J connectivity index is 1.14. The maximum absolute atomic E-state index is 2.54. The highest BCUT2D eigenvalue weighted by atomic mass is 15.1. The number of rotatable bonds is 5. The molecule has 286 valence electrons. The largest absolute Gasteiger partial charge is 0.310 e. The molecule has 2 aliphatic rings. The van der Waals surface area contributed by atoms with Gasteiger partial charge < -0.3 is 9.47 Å². The molecule has 0 saturated heterocycles. The highest BCUT2D eigenvalue weighted by Gasteiger charge is 2.39. The summed E-state index contributed by atoms with van der Waals surface area (Å²) in [5, 5.41) is 4.95. The first-order chi connectivity index (χ1) is 29.3. The molecule has 10 aromatic rings. The van der Waals surface area contributed by atoms with E-state index in [9.17, 15) is 0 Å². The first-order valence-electron chi connectivity index (χ1n) is 21.2. The Morgan fingerprint density at radius 3 is 1.73 bits per heavy atom. The number of benzene rings is 9. The molecule has 60 heavy (non-hydrogen) atoms. The molecule has 0 atom stereocenters. The second kappa shape index (κ2) is 12.7. The van der Waals surface area contributed by atoms with Gasteiger partial charge in [0.1, 0.15) is 0 Å². The van der Waals surface area contributed by atoms with E-state index in [2.05, 4.69) is 231 Å². The Hall–Kier alpha value is -7.16. The Morgan fingerprint density at radius 2 is 0.983 bits per heavy atom. The van der Waals surface area contributed by atoms with Crippen LogP contribution in [0.3, 0.4) is 0 Å². The Labute approximate surface area is 351 Å². The van der Waals surface area contributed by atoms with Crippen molar-refractivity contribution in [3.63, 3.8) is 0 Å². The number of anilines is 3. The molecule has 0 saturated carbocycles. The van der Waals surface area contributed by atoms with Crippen LogP contribution in [0.25, 0.3) is 71.6 Å². The number of aromatic nitrogens is 1. The molecular formula is C58H44N2. The van der Waals surface area contributed by atoms with Gasteiger partial charge in [0, 0.05) is 44.2 Å². The normalized spacial score (nSPS) is 14.3. The fourth-order valence-corrected chi connectivity index (χ4v) is 10.8. The van der Waals surface area contributed by atoms with Gasteiger partial charge in [0.15, 0.2) is 0 Å². The lowest BCUT2D eigenvalue weighted by atomic mass is 9.82. The van der Waals surface area contributed by atoms with Gasteiger partial charge >= 0.3 is 0 Å². The topological polar surface area (TPSA) is 8.17 Å². The quantitative estimate of drug-likeness (QED) is 0.169. The summed E-state index contributed by atoms with van der Waals surface area (Å²) in [5.74, 6) is 0. The van der Waals surface area contributed by atoms with E-state index in [1.807, 2.05) is 0 Å². The summed E-state index contributed by atoms with van der Waals surface area (Å²) in [6, 6.07) is 72.4. The van der Waals surface area contributed by atoms with Crippen molar-refractivity contribution in [3.8, 4) is 39.1 Å². The lowest BCUT2D eigenvalue weighted by Gasteiger charge is -2.31. The number of hydrogen-bond donors (Lipinski definition) is 0. The smallest absolute Gasteiger partial charge is 0.0543 e. The van der Waals surface area contributed by atoms with E-state index in [1.54, 1.807) is 0 Å². The predicted molar refractivity (Wildman–Crippen MR) is 254 cm³/mol. The van der Waals surface area contributed by atoms with E-state index >= 15 is 0 Å².